The highest BCUT2D eigenvalue weighted by Crippen LogP contribution is 2.18. The molecule has 6 heteroatoms. The van der Waals surface area contributed by atoms with Crippen LogP contribution in [0.2, 0.25) is 0 Å². The minimum absolute atomic E-state index is 0.211. The third kappa shape index (κ3) is 2.54. The van der Waals surface area contributed by atoms with E-state index in [2.05, 4.69) is 9.72 Å². The van der Waals surface area contributed by atoms with E-state index in [1.165, 1.54) is 20.2 Å². The second-order valence-corrected chi connectivity index (χ2v) is 4.15. The second kappa shape index (κ2) is 5.56. The molecular weight excluding hydrogens is 262 g/mol. The molecule has 2 aromatic rings. The molecule has 1 atom stereocenters. The van der Waals surface area contributed by atoms with Crippen molar-refractivity contribution in [2.45, 2.75) is 13.0 Å². The summed E-state index contributed by atoms with van der Waals surface area (Å²) in [5.74, 6) is -2.61. The molecule has 0 aliphatic heterocycles. The highest BCUT2D eigenvalue weighted by molar-refractivity contribution is 6.43. The summed E-state index contributed by atoms with van der Waals surface area (Å²) in [6.45, 7) is 1.34. The van der Waals surface area contributed by atoms with Gasteiger partial charge in [-0.25, -0.2) is 9.59 Å². The summed E-state index contributed by atoms with van der Waals surface area (Å²) in [5.41, 5.74) is 0.951. The maximum absolute atomic E-state index is 12.0. The Bertz CT molecular complexity index is 673. The zero-order chi connectivity index (χ0) is 14.7. The fourth-order valence-electron chi connectivity index (χ4n) is 1.80. The number of fused-ring (bicyclic) bond motifs is 1. The Balaban J connectivity index is 2.19. The van der Waals surface area contributed by atoms with E-state index in [1.54, 1.807) is 18.2 Å². The van der Waals surface area contributed by atoms with Crippen molar-refractivity contribution in [2.24, 2.45) is 0 Å². The van der Waals surface area contributed by atoms with Crippen LogP contribution in [0.3, 0.4) is 0 Å². The highest BCUT2D eigenvalue weighted by atomic mass is 16.6. The first-order valence-corrected chi connectivity index (χ1v) is 5.94. The first-order chi connectivity index (χ1) is 9.54. The van der Waals surface area contributed by atoms with Crippen LogP contribution in [0.4, 0.5) is 0 Å². The van der Waals surface area contributed by atoms with Crippen LogP contribution in [-0.2, 0) is 19.1 Å². The quantitative estimate of drug-likeness (QED) is 0.518. The molecule has 0 amide bonds. The summed E-state index contributed by atoms with van der Waals surface area (Å²) in [5, 5.41) is 0.625. The molecule has 0 saturated carbocycles. The van der Waals surface area contributed by atoms with E-state index in [4.69, 9.17) is 4.74 Å². The number of aromatic amines is 1. The molecule has 0 radical (unpaired) electrons. The van der Waals surface area contributed by atoms with Gasteiger partial charge in [-0.1, -0.05) is 18.2 Å². The van der Waals surface area contributed by atoms with Gasteiger partial charge in [-0.15, -0.1) is 0 Å². The number of para-hydroxylation sites is 1. The van der Waals surface area contributed by atoms with Crippen LogP contribution in [0, 0.1) is 0 Å². The fourth-order valence-corrected chi connectivity index (χ4v) is 1.80. The minimum atomic E-state index is -1.12. The normalized spacial score (nSPS) is 11.9. The van der Waals surface area contributed by atoms with Gasteiger partial charge in [0.05, 0.1) is 12.7 Å². The molecule has 104 valence electrons. The van der Waals surface area contributed by atoms with E-state index in [9.17, 15) is 14.4 Å². The van der Waals surface area contributed by atoms with Crippen LogP contribution in [0.15, 0.2) is 30.5 Å². The number of esters is 2. The minimum Gasteiger partial charge on any atom is -0.466 e. The van der Waals surface area contributed by atoms with Gasteiger partial charge in [0.15, 0.2) is 6.10 Å². The smallest absolute Gasteiger partial charge is 0.380 e. The molecule has 0 saturated heterocycles. The molecular formula is C14H13NO5. The number of benzene rings is 1. The van der Waals surface area contributed by atoms with Gasteiger partial charge in [0, 0.05) is 17.1 Å². The lowest BCUT2D eigenvalue weighted by molar-refractivity contribution is -0.161. The monoisotopic (exact) mass is 275 g/mol. The molecule has 0 spiro atoms. The Morgan fingerprint density at radius 1 is 1.20 bits per heavy atom. The number of rotatable bonds is 4. The number of ether oxygens (including phenoxy) is 2. The summed E-state index contributed by atoms with van der Waals surface area (Å²) in [6, 6.07) is 7.07. The van der Waals surface area contributed by atoms with Crippen molar-refractivity contribution < 1.29 is 23.9 Å². The zero-order valence-electron chi connectivity index (χ0n) is 11.0. The van der Waals surface area contributed by atoms with Crippen LogP contribution >= 0.6 is 0 Å². The first kappa shape index (κ1) is 13.8. The number of carbonyl (C=O) groups is 3. The molecule has 0 fully saturated rings. The fraction of sp³-hybridized carbons (Fsp3) is 0.214. The summed E-state index contributed by atoms with van der Waals surface area (Å²) in [7, 11) is 1.17. The van der Waals surface area contributed by atoms with Gasteiger partial charge in [0.1, 0.15) is 0 Å². The Labute approximate surface area is 114 Å². The number of H-pyrrole nitrogens is 1. The maximum atomic E-state index is 12.0. The summed E-state index contributed by atoms with van der Waals surface area (Å²) in [4.78, 5) is 37.8. The van der Waals surface area contributed by atoms with E-state index in [0.717, 1.165) is 5.52 Å². The molecule has 6 nitrogen and oxygen atoms in total. The van der Waals surface area contributed by atoms with E-state index >= 15 is 0 Å². The molecule has 0 bridgehead atoms. The second-order valence-electron chi connectivity index (χ2n) is 4.15. The molecule has 0 aliphatic carbocycles. The Morgan fingerprint density at radius 3 is 2.60 bits per heavy atom. The molecule has 1 aromatic carbocycles. The lowest BCUT2D eigenvalue weighted by Gasteiger charge is -2.09. The van der Waals surface area contributed by atoms with Crippen LogP contribution < -0.4 is 0 Å². The van der Waals surface area contributed by atoms with E-state index in [1.807, 2.05) is 6.07 Å². The lowest BCUT2D eigenvalue weighted by Crippen LogP contribution is -2.29. The number of hydrogen-bond acceptors (Lipinski definition) is 5. The Hall–Kier alpha value is -2.63. The third-order valence-corrected chi connectivity index (χ3v) is 2.84. The molecule has 0 aliphatic rings. The average molecular weight is 275 g/mol. The first-order valence-electron chi connectivity index (χ1n) is 5.94. The molecule has 1 N–H and O–H groups in total. The van der Waals surface area contributed by atoms with Crippen LogP contribution in [0.5, 0.6) is 0 Å². The van der Waals surface area contributed by atoms with E-state index in [-0.39, 0.29) is 5.56 Å². The number of hydrogen-bond donors (Lipinski definition) is 1. The summed E-state index contributed by atoms with van der Waals surface area (Å²) >= 11 is 0. The van der Waals surface area contributed by atoms with Crippen molar-refractivity contribution in [3.63, 3.8) is 0 Å². The van der Waals surface area contributed by atoms with E-state index < -0.39 is 23.8 Å². The lowest BCUT2D eigenvalue weighted by atomic mass is 10.1. The number of nitrogens with one attached hydrogen (secondary N) is 1. The van der Waals surface area contributed by atoms with Crippen LogP contribution in [0.25, 0.3) is 10.9 Å². The third-order valence-electron chi connectivity index (χ3n) is 2.84. The van der Waals surface area contributed by atoms with Gasteiger partial charge in [0.25, 0.3) is 5.78 Å². The van der Waals surface area contributed by atoms with Crippen molar-refractivity contribution in [3.8, 4) is 0 Å². The predicted molar refractivity (Wildman–Crippen MR) is 70.2 cm³/mol. The Morgan fingerprint density at radius 2 is 1.90 bits per heavy atom. The summed E-state index contributed by atoms with van der Waals surface area (Å²) < 4.78 is 9.18. The maximum Gasteiger partial charge on any atom is 0.380 e. The Kier molecular flexibility index (Phi) is 3.84. The van der Waals surface area contributed by atoms with Crippen molar-refractivity contribution >= 4 is 28.6 Å². The molecule has 1 unspecified atom stereocenters. The number of methoxy groups -OCH3 is 1. The number of Topliss-reactive ketones (excluding diaryl/α,β-unsaturated/α-hetero) is 1. The number of ketones is 1. The molecule has 1 heterocycles. The van der Waals surface area contributed by atoms with Gasteiger partial charge in [0.2, 0.25) is 0 Å². The number of carbonyl (C=O) groups excluding carboxylic acids is 3. The van der Waals surface area contributed by atoms with Crippen molar-refractivity contribution in [3.05, 3.63) is 36.0 Å². The highest BCUT2D eigenvalue weighted by Gasteiger charge is 2.26. The van der Waals surface area contributed by atoms with Crippen molar-refractivity contribution in [1.82, 2.24) is 4.98 Å². The van der Waals surface area contributed by atoms with Gasteiger partial charge in [-0.2, -0.15) is 0 Å². The van der Waals surface area contributed by atoms with Crippen molar-refractivity contribution in [2.75, 3.05) is 7.11 Å². The van der Waals surface area contributed by atoms with Gasteiger partial charge in [-0.05, 0) is 13.0 Å². The van der Waals surface area contributed by atoms with Gasteiger partial charge >= 0.3 is 11.9 Å². The molecule has 2 rings (SSSR count). The predicted octanol–water partition coefficient (Wildman–Crippen LogP) is 1.46. The topological polar surface area (TPSA) is 85.5 Å². The molecule has 1 aromatic heterocycles. The van der Waals surface area contributed by atoms with Crippen LogP contribution in [-0.4, -0.2) is 35.9 Å². The SMILES string of the molecule is COC(=O)C(C)OC(=O)C(=O)c1c[nH]c2ccccc12. The molecule has 20 heavy (non-hydrogen) atoms. The number of aromatic nitrogens is 1. The zero-order valence-corrected chi connectivity index (χ0v) is 11.0. The largest absolute Gasteiger partial charge is 0.466 e. The summed E-state index contributed by atoms with van der Waals surface area (Å²) in [6.07, 6.45) is 0.318. The van der Waals surface area contributed by atoms with Crippen molar-refractivity contribution in [1.29, 1.82) is 0 Å². The van der Waals surface area contributed by atoms with Crippen LogP contribution in [0.1, 0.15) is 17.3 Å². The van der Waals surface area contributed by atoms with E-state index in [0.29, 0.717) is 5.39 Å². The average Bonchev–Trinajstić information content (AvgIpc) is 2.89. The van der Waals surface area contributed by atoms with Gasteiger partial charge < -0.3 is 14.5 Å². The standard InChI is InChI=1S/C14H13NO5/c1-8(13(17)19-2)20-14(18)12(16)10-7-15-11-6-4-3-5-9(10)11/h3-8,15H,1-2H3. The van der Waals surface area contributed by atoms with Gasteiger partial charge in [-0.3, -0.25) is 4.79 Å².